The fraction of sp³-hybridized carbons (Fsp3) is 0.381. The summed E-state index contributed by atoms with van der Waals surface area (Å²) in [6.07, 6.45) is 2.46. The monoisotopic (exact) mass is 415 g/mol. The van der Waals surface area contributed by atoms with Gasteiger partial charge in [-0.2, -0.15) is 0 Å². The average molecular weight is 416 g/mol. The fourth-order valence-electron chi connectivity index (χ4n) is 3.43. The van der Waals surface area contributed by atoms with Crippen LogP contribution in [0.2, 0.25) is 0 Å². The topological polar surface area (TPSA) is 35.6 Å². The van der Waals surface area contributed by atoms with Crippen molar-refractivity contribution in [2.24, 2.45) is 0 Å². The van der Waals surface area contributed by atoms with Crippen LogP contribution in [0, 0.1) is 0 Å². The lowest BCUT2D eigenvalue weighted by Gasteiger charge is -2.28. The number of carbonyl (C=O) groups is 1. The Kier molecular flexibility index (Phi) is 6.33. The quantitative estimate of drug-likeness (QED) is 0.771. The van der Waals surface area contributed by atoms with Crippen molar-refractivity contribution in [1.82, 2.24) is 10.2 Å². The van der Waals surface area contributed by atoms with E-state index in [0.29, 0.717) is 12.1 Å². The molecule has 2 aromatic rings. The maximum Gasteiger partial charge on any atom is 0.251 e. The van der Waals surface area contributed by atoms with Gasteiger partial charge >= 0.3 is 0 Å². The second-order valence-corrected chi connectivity index (χ2v) is 7.88. The van der Waals surface area contributed by atoms with Gasteiger partial charge in [0.15, 0.2) is 0 Å². The number of anilines is 1. The molecule has 0 saturated carbocycles. The van der Waals surface area contributed by atoms with E-state index in [1.54, 1.807) is 0 Å². The molecule has 5 heteroatoms. The second kappa shape index (κ2) is 8.69. The van der Waals surface area contributed by atoms with Crippen molar-refractivity contribution in [2.75, 3.05) is 38.6 Å². The molecule has 3 rings (SSSR count). The molecular formula is C21H26BrN3O. The zero-order valence-corrected chi connectivity index (χ0v) is 17.0. The van der Waals surface area contributed by atoms with E-state index in [9.17, 15) is 4.79 Å². The molecule has 1 heterocycles. The smallest absolute Gasteiger partial charge is 0.251 e. The first-order chi connectivity index (χ1) is 12.5. The molecule has 138 valence electrons. The van der Waals surface area contributed by atoms with Crippen molar-refractivity contribution in [2.45, 2.75) is 18.9 Å². The van der Waals surface area contributed by atoms with Crippen LogP contribution < -0.4 is 10.2 Å². The number of likely N-dealkylation sites (tertiary alicyclic amines) is 1. The fourth-order valence-corrected chi connectivity index (χ4v) is 3.83. The van der Waals surface area contributed by atoms with E-state index in [1.807, 2.05) is 38.4 Å². The van der Waals surface area contributed by atoms with Crippen LogP contribution >= 0.6 is 15.9 Å². The third-order valence-corrected chi connectivity index (χ3v) is 5.41. The molecule has 26 heavy (non-hydrogen) atoms. The van der Waals surface area contributed by atoms with Gasteiger partial charge in [0.2, 0.25) is 0 Å². The Labute approximate surface area is 164 Å². The third-order valence-electron chi connectivity index (χ3n) is 4.92. The zero-order valence-electron chi connectivity index (χ0n) is 15.4. The highest BCUT2D eigenvalue weighted by molar-refractivity contribution is 9.10. The average Bonchev–Trinajstić information content (AvgIpc) is 3.16. The molecule has 1 N–H and O–H groups in total. The summed E-state index contributed by atoms with van der Waals surface area (Å²) in [6, 6.07) is 16.4. The van der Waals surface area contributed by atoms with Gasteiger partial charge in [0.05, 0.1) is 6.04 Å². The summed E-state index contributed by atoms with van der Waals surface area (Å²) >= 11 is 3.43. The third kappa shape index (κ3) is 4.65. The van der Waals surface area contributed by atoms with Gasteiger partial charge in [0.1, 0.15) is 0 Å². The van der Waals surface area contributed by atoms with Crippen molar-refractivity contribution in [3.63, 3.8) is 0 Å². The summed E-state index contributed by atoms with van der Waals surface area (Å²) in [5.74, 6) is -0.0274. The molecule has 0 aromatic heterocycles. The Bertz CT molecular complexity index is 739. The molecule has 2 aromatic carbocycles. The molecule has 1 unspecified atom stereocenters. The van der Waals surface area contributed by atoms with Crippen LogP contribution in [-0.2, 0) is 0 Å². The van der Waals surface area contributed by atoms with Crippen LogP contribution in [0.25, 0.3) is 0 Å². The van der Waals surface area contributed by atoms with Gasteiger partial charge in [-0.1, -0.05) is 34.1 Å². The number of benzene rings is 2. The van der Waals surface area contributed by atoms with Crippen molar-refractivity contribution in [3.05, 3.63) is 64.1 Å². The van der Waals surface area contributed by atoms with E-state index in [4.69, 9.17) is 0 Å². The van der Waals surface area contributed by atoms with Gasteiger partial charge in [0.25, 0.3) is 5.91 Å². The van der Waals surface area contributed by atoms with Crippen molar-refractivity contribution in [3.8, 4) is 0 Å². The lowest BCUT2D eigenvalue weighted by Crippen LogP contribution is -2.36. The van der Waals surface area contributed by atoms with E-state index >= 15 is 0 Å². The summed E-state index contributed by atoms with van der Waals surface area (Å²) in [6.45, 7) is 2.80. The molecule has 4 nitrogen and oxygen atoms in total. The number of halogens is 1. The predicted molar refractivity (Wildman–Crippen MR) is 111 cm³/mol. The highest BCUT2D eigenvalue weighted by atomic mass is 79.9. The molecule has 1 atom stereocenters. The van der Waals surface area contributed by atoms with Crippen LogP contribution in [-0.4, -0.2) is 44.5 Å². The minimum atomic E-state index is -0.0274. The maximum absolute atomic E-state index is 12.5. The van der Waals surface area contributed by atoms with Gasteiger partial charge in [-0.25, -0.2) is 0 Å². The molecule has 0 spiro atoms. The molecule has 1 amide bonds. The lowest BCUT2D eigenvalue weighted by molar-refractivity contribution is 0.0938. The number of carbonyl (C=O) groups excluding carboxylic acids is 1. The van der Waals surface area contributed by atoms with Crippen LogP contribution in [0.15, 0.2) is 53.0 Å². The normalized spacial score (nSPS) is 15.7. The molecule has 1 saturated heterocycles. The molecule has 1 fully saturated rings. The van der Waals surface area contributed by atoms with Crippen molar-refractivity contribution >= 4 is 27.5 Å². The molecule has 0 aliphatic carbocycles. The van der Waals surface area contributed by atoms with Crippen LogP contribution in [0.4, 0.5) is 5.69 Å². The first-order valence-electron chi connectivity index (χ1n) is 9.10. The Morgan fingerprint density at radius 3 is 2.46 bits per heavy atom. The van der Waals surface area contributed by atoms with E-state index in [2.05, 4.69) is 55.3 Å². The number of hydrogen-bond donors (Lipinski definition) is 1. The van der Waals surface area contributed by atoms with Crippen LogP contribution in [0.5, 0.6) is 0 Å². The molecule has 0 bridgehead atoms. The lowest BCUT2D eigenvalue weighted by atomic mass is 10.0. The first-order valence-corrected chi connectivity index (χ1v) is 9.89. The minimum Gasteiger partial charge on any atom is -0.378 e. The largest absolute Gasteiger partial charge is 0.378 e. The second-order valence-electron chi connectivity index (χ2n) is 6.97. The Hall–Kier alpha value is -1.85. The van der Waals surface area contributed by atoms with E-state index in [1.165, 1.54) is 24.1 Å². The molecular weight excluding hydrogens is 390 g/mol. The molecule has 0 radical (unpaired) electrons. The number of amides is 1. The van der Waals surface area contributed by atoms with Gasteiger partial charge in [-0.05, 0) is 61.8 Å². The Balaban J connectivity index is 1.73. The van der Waals surface area contributed by atoms with Gasteiger partial charge in [0, 0.05) is 36.4 Å². The standard InChI is InChI=1S/C21H26BrN3O/c1-24(2)19-10-8-16(9-11-19)20(25-12-3-4-13-25)15-23-21(26)17-6-5-7-18(22)14-17/h5-11,14,20H,3-4,12-13,15H2,1-2H3,(H,23,26). The first kappa shape index (κ1) is 18.9. The number of nitrogens with zero attached hydrogens (tertiary/aromatic N) is 2. The Morgan fingerprint density at radius 1 is 1.15 bits per heavy atom. The van der Waals surface area contributed by atoms with E-state index in [0.717, 1.165) is 17.6 Å². The van der Waals surface area contributed by atoms with Gasteiger partial charge in [-0.3, -0.25) is 9.69 Å². The minimum absolute atomic E-state index is 0.0274. The number of hydrogen-bond acceptors (Lipinski definition) is 3. The highest BCUT2D eigenvalue weighted by Crippen LogP contribution is 2.26. The van der Waals surface area contributed by atoms with Crippen LogP contribution in [0.3, 0.4) is 0 Å². The molecule has 1 aliphatic rings. The van der Waals surface area contributed by atoms with Gasteiger partial charge in [-0.15, -0.1) is 0 Å². The number of rotatable bonds is 6. The van der Waals surface area contributed by atoms with Gasteiger partial charge < -0.3 is 10.2 Å². The summed E-state index contributed by atoms with van der Waals surface area (Å²) < 4.78 is 0.917. The maximum atomic E-state index is 12.5. The predicted octanol–water partition coefficient (Wildman–Crippen LogP) is 4.08. The van der Waals surface area contributed by atoms with E-state index < -0.39 is 0 Å². The molecule has 1 aliphatic heterocycles. The summed E-state index contributed by atoms with van der Waals surface area (Å²) in [4.78, 5) is 17.1. The summed E-state index contributed by atoms with van der Waals surface area (Å²) in [5.41, 5.74) is 3.13. The SMILES string of the molecule is CN(C)c1ccc(C(CNC(=O)c2cccc(Br)c2)N2CCCC2)cc1. The van der Waals surface area contributed by atoms with Crippen molar-refractivity contribution < 1.29 is 4.79 Å². The summed E-state index contributed by atoms with van der Waals surface area (Å²) in [5, 5.41) is 3.13. The van der Waals surface area contributed by atoms with Crippen LogP contribution in [0.1, 0.15) is 34.8 Å². The Morgan fingerprint density at radius 2 is 1.85 bits per heavy atom. The van der Waals surface area contributed by atoms with E-state index in [-0.39, 0.29) is 11.9 Å². The summed E-state index contributed by atoms with van der Waals surface area (Å²) in [7, 11) is 4.09. The highest BCUT2D eigenvalue weighted by Gasteiger charge is 2.24. The number of nitrogens with one attached hydrogen (secondary N) is 1. The zero-order chi connectivity index (χ0) is 18.5. The van der Waals surface area contributed by atoms with Crippen molar-refractivity contribution in [1.29, 1.82) is 0 Å².